The minimum absolute atomic E-state index is 0.323. The van der Waals surface area contributed by atoms with E-state index in [2.05, 4.69) is 19.0 Å². The zero-order chi connectivity index (χ0) is 12.4. The third-order valence-corrected chi connectivity index (χ3v) is 2.76. The molecule has 0 saturated heterocycles. The highest BCUT2D eigenvalue weighted by molar-refractivity contribution is 5.73. The van der Waals surface area contributed by atoms with E-state index < -0.39 is 0 Å². The van der Waals surface area contributed by atoms with Crippen molar-refractivity contribution in [2.75, 3.05) is 12.8 Å². The third-order valence-electron chi connectivity index (χ3n) is 2.76. The SMILES string of the molecule is COc1cc(-c2cnoc2N)ccc1C(C)C. The molecule has 4 heteroatoms. The first-order chi connectivity index (χ1) is 8.13. The maximum atomic E-state index is 5.69. The summed E-state index contributed by atoms with van der Waals surface area (Å²) < 4.78 is 10.3. The molecule has 17 heavy (non-hydrogen) atoms. The standard InChI is InChI=1S/C13H16N2O2/c1-8(2)10-5-4-9(6-12(10)16-3)11-7-15-17-13(11)14/h4-8H,14H2,1-3H3. The molecule has 4 nitrogen and oxygen atoms in total. The predicted molar refractivity (Wildman–Crippen MR) is 67.0 cm³/mol. The molecule has 0 amide bonds. The summed E-state index contributed by atoms with van der Waals surface area (Å²) in [5.74, 6) is 1.60. The first-order valence-corrected chi connectivity index (χ1v) is 5.52. The molecule has 0 fully saturated rings. The van der Waals surface area contributed by atoms with Crippen LogP contribution < -0.4 is 10.5 Å². The van der Waals surface area contributed by atoms with Crippen LogP contribution in [0.15, 0.2) is 28.9 Å². The molecule has 0 aliphatic rings. The average Bonchev–Trinajstić information content (AvgIpc) is 2.74. The van der Waals surface area contributed by atoms with Gasteiger partial charge in [0.1, 0.15) is 5.75 Å². The molecule has 0 atom stereocenters. The van der Waals surface area contributed by atoms with Gasteiger partial charge < -0.3 is 15.0 Å². The number of nitrogens with zero attached hydrogens (tertiary/aromatic N) is 1. The van der Waals surface area contributed by atoms with Crippen LogP contribution in [-0.2, 0) is 0 Å². The summed E-state index contributed by atoms with van der Waals surface area (Å²) in [7, 11) is 1.67. The molecule has 0 spiro atoms. The van der Waals surface area contributed by atoms with Crippen molar-refractivity contribution in [3.05, 3.63) is 30.0 Å². The molecule has 2 rings (SSSR count). The van der Waals surface area contributed by atoms with Crippen molar-refractivity contribution in [2.24, 2.45) is 0 Å². The van der Waals surface area contributed by atoms with E-state index in [0.717, 1.165) is 16.9 Å². The van der Waals surface area contributed by atoms with E-state index in [1.807, 2.05) is 18.2 Å². The van der Waals surface area contributed by atoms with E-state index in [9.17, 15) is 0 Å². The summed E-state index contributed by atoms with van der Waals surface area (Å²) in [6.45, 7) is 4.26. The largest absolute Gasteiger partial charge is 0.496 e. The molecule has 0 aliphatic heterocycles. The topological polar surface area (TPSA) is 61.3 Å². The number of hydrogen-bond acceptors (Lipinski definition) is 4. The minimum atomic E-state index is 0.323. The van der Waals surface area contributed by atoms with Crippen molar-refractivity contribution in [1.82, 2.24) is 5.16 Å². The molecular weight excluding hydrogens is 216 g/mol. The maximum absolute atomic E-state index is 5.69. The number of anilines is 1. The zero-order valence-corrected chi connectivity index (χ0v) is 10.2. The second-order valence-corrected chi connectivity index (χ2v) is 4.22. The quantitative estimate of drug-likeness (QED) is 0.883. The number of hydrogen-bond donors (Lipinski definition) is 1. The number of nitrogens with two attached hydrogens (primary N) is 1. The summed E-state index contributed by atoms with van der Waals surface area (Å²) in [5, 5.41) is 3.67. The van der Waals surface area contributed by atoms with Crippen molar-refractivity contribution < 1.29 is 9.26 Å². The summed E-state index contributed by atoms with van der Waals surface area (Å²) in [5.41, 5.74) is 8.60. The predicted octanol–water partition coefficient (Wildman–Crippen LogP) is 3.06. The van der Waals surface area contributed by atoms with Crippen LogP contribution in [0.4, 0.5) is 5.88 Å². The highest BCUT2D eigenvalue weighted by Crippen LogP contribution is 2.33. The molecule has 0 bridgehead atoms. The van der Waals surface area contributed by atoms with Crippen molar-refractivity contribution in [2.45, 2.75) is 19.8 Å². The van der Waals surface area contributed by atoms with Gasteiger partial charge in [-0.15, -0.1) is 0 Å². The lowest BCUT2D eigenvalue weighted by Crippen LogP contribution is -1.95. The van der Waals surface area contributed by atoms with Gasteiger partial charge in [0.25, 0.3) is 0 Å². The Hall–Kier alpha value is -1.97. The second kappa shape index (κ2) is 4.49. The Bertz CT molecular complexity index is 518. The molecular formula is C13H16N2O2. The van der Waals surface area contributed by atoms with Crippen molar-refractivity contribution >= 4 is 5.88 Å². The third kappa shape index (κ3) is 2.11. The molecule has 0 unspecified atom stereocenters. The van der Waals surface area contributed by atoms with Crippen LogP contribution in [0.5, 0.6) is 5.75 Å². The van der Waals surface area contributed by atoms with E-state index in [0.29, 0.717) is 11.8 Å². The smallest absolute Gasteiger partial charge is 0.229 e. The molecule has 90 valence electrons. The molecule has 0 saturated carbocycles. The fourth-order valence-corrected chi connectivity index (χ4v) is 1.82. The van der Waals surface area contributed by atoms with E-state index >= 15 is 0 Å². The van der Waals surface area contributed by atoms with Gasteiger partial charge in [0, 0.05) is 0 Å². The molecule has 2 aromatic rings. The summed E-state index contributed by atoms with van der Waals surface area (Å²) >= 11 is 0. The van der Waals surface area contributed by atoms with Gasteiger partial charge >= 0.3 is 0 Å². The van der Waals surface area contributed by atoms with Crippen LogP contribution in [0.25, 0.3) is 11.1 Å². The van der Waals surface area contributed by atoms with Gasteiger partial charge in [0.05, 0.1) is 18.9 Å². The van der Waals surface area contributed by atoms with Crippen molar-refractivity contribution in [3.63, 3.8) is 0 Å². The Morgan fingerprint density at radius 2 is 2.12 bits per heavy atom. The molecule has 1 aromatic carbocycles. The number of aromatic nitrogens is 1. The van der Waals surface area contributed by atoms with E-state index in [1.54, 1.807) is 13.3 Å². The fourth-order valence-electron chi connectivity index (χ4n) is 1.82. The lowest BCUT2D eigenvalue weighted by Gasteiger charge is -2.12. The summed E-state index contributed by atoms with van der Waals surface area (Å²) in [4.78, 5) is 0. The first kappa shape index (κ1) is 11.5. The van der Waals surface area contributed by atoms with Crippen LogP contribution in [0, 0.1) is 0 Å². The van der Waals surface area contributed by atoms with Crippen LogP contribution in [0.3, 0.4) is 0 Å². The number of benzene rings is 1. The van der Waals surface area contributed by atoms with Crippen LogP contribution >= 0.6 is 0 Å². The van der Waals surface area contributed by atoms with E-state index in [-0.39, 0.29) is 0 Å². The normalized spacial score (nSPS) is 10.8. The lowest BCUT2D eigenvalue weighted by atomic mass is 9.98. The van der Waals surface area contributed by atoms with Gasteiger partial charge in [-0.2, -0.15) is 0 Å². The average molecular weight is 232 g/mol. The number of ether oxygens (including phenoxy) is 1. The van der Waals surface area contributed by atoms with Crippen LogP contribution in [0.1, 0.15) is 25.3 Å². The highest BCUT2D eigenvalue weighted by Gasteiger charge is 2.12. The second-order valence-electron chi connectivity index (χ2n) is 4.22. The Morgan fingerprint density at radius 1 is 1.35 bits per heavy atom. The Kier molecular flexibility index (Phi) is 3.04. The zero-order valence-electron chi connectivity index (χ0n) is 10.2. The van der Waals surface area contributed by atoms with Gasteiger partial charge in [-0.1, -0.05) is 31.1 Å². The van der Waals surface area contributed by atoms with Crippen molar-refractivity contribution in [1.29, 1.82) is 0 Å². The fraction of sp³-hybridized carbons (Fsp3) is 0.308. The molecule has 1 aromatic heterocycles. The molecule has 1 heterocycles. The Labute approximate surface area is 100 Å². The Morgan fingerprint density at radius 3 is 2.65 bits per heavy atom. The first-order valence-electron chi connectivity index (χ1n) is 5.52. The number of rotatable bonds is 3. The van der Waals surface area contributed by atoms with Crippen LogP contribution in [0.2, 0.25) is 0 Å². The minimum Gasteiger partial charge on any atom is -0.496 e. The lowest BCUT2D eigenvalue weighted by molar-refractivity contribution is 0.408. The van der Waals surface area contributed by atoms with E-state index in [4.69, 9.17) is 15.0 Å². The molecule has 2 N–H and O–H groups in total. The van der Waals surface area contributed by atoms with Crippen molar-refractivity contribution in [3.8, 4) is 16.9 Å². The summed E-state index contributed by atoms with van der Waals surface area (Å²) in [6, 6.07) is 6.00. The monoisotopic (exact) mass is 232 g/mol. The number of nitrogen functional groups attached to an aromatic ring is 1. The van der Waals surface area contributed by atoms with E-state index in [1.165, 1.54) is 5.56 Å². The maximum Gasteiger partial charge on any atom is 0.229 e. The van der Waals surface area contributed by atoms with Gasteiger partial charge in [0.2, 0.25) is 5.88 Å². The molecule has 0 aliphatic carbocycles. The van der Waals surface area contributed by atoms with Gasteiger partial charge in [-0.05, 0) is 23.1 Å². The number of methoxy groups -OCH3 is 1. The summed E-state index contributed by atoms with van der Waals surface area (Å²) in [6.07, 6.45) is 1.61. The van der Waals surface area contributed by atoms with Gasteiger partial charge in [-0.3, -0.25) is 0 Å². The van der Waals surface area contributed by atoms with Crippen LogP contribution in [-0.4, -0.2) is 12.3 Å². The van der Waals surface area contributed by atoms with Gasteiger partial charge in [0.15, 0.2) is 0 Å². The Balaban J connectivity index is 2.49. The highest BCUT2D eigenvalue weighted by atomic mass is 16.5. The molecule has 0 radical (unpaired) electrons. The van der Waals surface area contributed by atoms with Gasteiger partial charge in [-0.25, -0.2) is 0 Å².